The molecule has 0 bridgehead atoms. The number of hydrogen-bond acceptors (Lipinski definition) is 9. The van der Waals surface area contributed by atoms with E-state index in [2.05, 4.69) is 40.5 Å². The molecule has 2 N–H and O–H groups in total. The molecule has 2 aromatic rings. The molecule has 11 heteroatoms. The Balaban J connectivity index is 1.77. The third-order valence-corrected chi connectivity index (χ3v) is 5.51. The maximum absolute atomic E-state index is 12.7. The third kappa shape index (κ3) is 6.33. The Kier molecular flexibility index (Phi) is 8.70. The van der Waals surface area contributed by atoms with Crippen molar-refractivity contribution in [1.29, 1.82) is 0 Å². The lowest BCUT2D eigenvalue weighted by Gasteiger charge is -2.27. The Labute approximate surface area is 203 Å². The number of aromatic hydroxyl groups is 1. The number of fused-ring (bicyclic) bond motifs is 1. The summed E-state index contributed by atoms with van der Waals surface area (Å²) in [4.78, 5) is 24.1. The Hall–Kier alpha value is -2.38. The molecule has 0 saturated carbocycles. The summed E-state index contributed by atoms with van der Waals surface area (Å²) in [6, 6.07) is 9.87. The molecule has 2 aromatic carbocycles. The van der Waals surface area contributed by atoms with Gasteiger partial charge in [-0.05, 0) is 52.9 Å². The maximum atomic E-state index is 12.7. The predicted octanol–water partition coefficient (Wildman–Crippen LogP) is 3.89. The smallest absolute Gasteiger partial charge is 0.412 e. The standard InChI is InChI=1S/C21H22INO8S/c1-27-17(6-7-28-19(25)10-32)20(14-8-12(22)2-4-15(14)24)31-21(26)23-13-3-5-16-18(9-13)30-11-29-16/h2-5,8-9,17,20,24,32H,6-7,10-11H2,1H3,(H,23,26)/t17-,20-/m1/s1. The Morgan fingerprint density at radius 3 is 2.75 bits per heavy atom. The molecule has 1 aliphatic rings. The first-order valence-electron chi connectivity index (χ1n) is 9.56. The fourth-order valence-electron chi connectivity index (χ4n) is 3.06. The van der Waals surface area contributed by atoms with Crippen molar-refractivity contribution < 1.29 is 38.4 Å². The van der Waals surface area contributed by atoms with Crippen LogP contribution in [0.15, 0.2) is 36.4 Å². The number of thiol groups is 1. The second-order valence-electron chi connectivity index (χ2n) is 6.66. The summed E-state index contributed by atoms with van der Waals surface area (Å²) in [5.41, 5.74) is 0.812. The molecule has 0 spiro atoms. The van der Waals surface area contributed by atoms with Gasteiger partial charge in [0.15, 0.2) is 17.6 Å². The fourth-order valence-corrected chi connectivity index (χ4v) is 3.66. The van der Waals surface area contributed by atoms with Gasteiger partial charge in [-0.1, -0.05) is 0 Å². The van der Waals surface area contributed by atoms with Gasteiger partial charge >= 0.3 is 12.1 Å². The first kappa shape index (κ1) is 24.3. The van der Waals surface area contributed by atoms with Gasteiger partial charge in [0.25, 0.3) is 0 Å². The number of methoxy groups -OCH3 is 1. The van der Waals surface area contributed by atoms with Crippen molar-refractivity contribution in [3.8, 4) is 17.2 Å². The van der Waals surface area contributed by atoms with Crippen LogP contribution in [0.3, 0.4) is 0 Å². The SMILES string of the molecule is CO[C@H](CCOC(=O)CS)[C@H](OC(=O)Nc1ccc2c(c1)OCO2)c1cc(I)ccc1O. The van der Waals surface area contributed by atoms with Crippen molar-refractivity contribution in [1.82, 2.24) is 0 Å². The molecule has 0 saturated heterocycles. The van der Waals surface area contributed by atoms with Gasteiger partial charge in [-0.25, -0.2) is 4.79 Å². The zero-order chi connectivity index (χ0) is 23.1. The first-order valence-corrected chi connectivity index (χ1v) is 11.3. The zero-order valence-corrected chi connectivity index (χ0v) is 20.1. The highest BCUT2D eigenvalue weighted by Gasteiger charge is 2.30. The van der Waals surface area contributed by atoms with E-state index in [1.165, 1.54) is 13.2 Å². The van der Waals surface area contributed by atoms with Crippen LogP contribution in [-0.4, -0.2) is 49.5 Å². The Morgan fingerprint density at radius 2 is 2.00 bits per heavy atom. The van der Waals surface area contributed by atoms with E-state index in [-0.39, 0.29) is 31.3 Å². The molecule has 172 valence electrons. The van der Waals surface area contributed by atoms with Crippen LogP contribution in [-0.2, 0) is 19.0 Å². The molecule has 1 amide bonds. The van der Waals surface area contributed by atoms with Gasteiger partial charge in [0.05, 0.1) is 12.4 Å². The van der Waals surface area contributed by atoms with Crippen molar-refractivity contribution in [2.45, 2.75) is 18.6 Å². The number of phenolic OH excluding ortho intramolecular Hbond substituents is 1. The van der Waals surface area contributed by atoms with E-state index in [9.17, 15) is 14.7 Å². The summed E-state index contributed by atoms with van der Waals surface area (Å²) in [6.45, 7) is 0.150. The van der Waals surface area contributed by atoms with Gasteiger partial charge in [-0.2, -0.15) is 12.6 Å². The van der Waals surface area contributed by atoms with Crippen LogP contribution in [0.1, 0.15) is 18.1 Å². The highest BCUT2D eigenvalue weighted by Crippen LogP contribution is 2.36. The lowest BCUT2D eigenvalue weighted by molar-refractivity contribution is -0.141. The molecule has 32 heavy (non-hydrogen) atoms. The summed E-state index contributed by atoms with van der Waals surface area (Å²) in [6.07, 6.45) is -2.21. The van der Waals surface area contributed by atoms with Crippen LogP contribution >= 0.6 is 35.2 Å². The van der Waals surface area contributed by atoms with Gasteiger partial charge in [-0.15, -0.1) is 0 Å². The molecule has 0 unspecified atom stereocenters. The summed E-state index contributed by atoms with van der Waals surface area (Å²) in [5.74, 6) is 0.517. The van der Waals surface area contributed by atoms with Crippen molar-refractivity contribution in [3.63, 3.8) is 0 Å². The van der Waals surface area contributed by atoms with Crippen molar-refractivity contribution in [3.05, 3.63) is 45.5 Å². The van der Waals surface area contributed by atoms with E-state index in [1.54, 1.807) is 30.3 Å². The van der Waals surface area contributed by atoms with Crippen LogP contribution in [0.4, 0.5) is 10.5 Å². The number of amides is 1. The summed E-state index contributed by atoms with van der Waals surface area (Å²) in [7, 11) is 1.45. The van der Waals surface area contributed by atoms with E-state index in [0.29, 0.717) is 22.7 Å². The average molecular weight is 575 g/mol. The minimum atomic E-state index is -0.974. The second kappa shape index (κ2) is 11.5. The summed E-state index contributed by atoms with van der Waals surface area (Å²) >= 11 is 5.96. The Morgan fingerprint density at radius 1 is 1.22 bits per heavy atom. The minimum absolute atomic E-state index is 0.0340. The molecule has 3 rings (SSSR count). The normalized spacial score (nSPS) is 13.8. The number of carbonyl (C=O) groups is 2. The van der Waals surface area contributed by atoms with Gasteiger partial charge in [-0.3, -0.25) is 10.1 Å². The molecule has 0 radical (unpaired) electrons. The van der Waals surface area contributed by atoms with Gasteiger partial charge in [0.2, 0.25) is 6.79 Å². The van der Waals surface area contributed by atoms with Gasteiger partial charge in [0.1, 0.15) is 11.9 Å². The molecule has 0 fully saturated rings. The first-order chi connectivity index (χ1) is 15.4. The number of rotatable bonds is 9. The minimum Gasteiger partial charge on any atom is -0.508 e. The lowest BCUT2D eigenvalue weighted by Crippen LogP contribution is -2.29. The van der Waals surface area contributed by atoms with Gasteiger partial charge in [0, 0.05) is 34.4 Å². The number of carbonyl (C=O) groups excluding carboxylic acids is 2. The van der Waals surface area contributed by atoms with E-state index < -0.39 is 24.3 Å². The number of nitrogens with one attached hydrogen (secondary N) is 1. The van der Waals surface area contributed by atoms with E-state index >= 15 is 0 Å². The van der Waals surface area contributed by atoms with Crippen molar-refractivity contribution in [2.75, 3.05) is 31.6 Å². The van der Waals surface area contributed by atoms with Crippen LogP contribution in [0.2, 0.25) is 0 Å². The number of halogens is 1. The number of ether oxygens (including phenoxy) is 5. The molecule has 0 aromatic heterocycles. The van der Waals surface area contributed by atoms with Gasteiger partial charge < -0.3 is 28.8 Å². The fraction of sp³-hybridized carbons (Fsp3) is 0.333. The molecule has 1 heterocycles. The molecule has 2 atom stereocenters. The predicted molar refractivity (Wildman–Crippen MR) is 126 cm³/mol. The molecule has 9 nitrogen and oxygen atoms in total. The summed E-state index contributed by atoms with van der Waals surface area (Å²) in [5, 5.41) is 13.1. The zero-order valence-electron chi connectivity index (χ0n) is 17.1. The monoisotopic (exact) mass is 575 g/mol. The Bertz CT molecular complexity index is 973. The molecule has 0 aliphatic carbocycles. The van der Waals surface area contributed by atoms with Crippen molar-refractivity contribution >= 4 is 53.0 Å². The third-order valence-electron chi connectivity index (χ3n) is 4.58. The maximum Gasteiger partial charge on any atom is 0.412 e. The average Bonchev–Trinajstić information content (AvgIpc) is 3.25. The number of benzene rings is 2. The summed E-state index contributed by atoms with van der Waals surface area (Å²) < 4.78 is 27.7. The quantitative estimate of drug-likeness (QED) is 0.235. The molecular weight excluding hydrogens is 553 g/mol. The highest BCUT2D eigenvalue weighted by atomic mass is 127. The highest BCUT2D eigenvalue weighted by molar-refractivity contribution is 14.1. The van der Waals surface area contributed by atoms with Crippen LogP contribution in [0.25, 0.3) is 0 Å². The largest absolute Gasteiger partial charge is 0.508 e. The van der Waals surface area contributed by atoms with Crippen LogP contribution in [0, 0.1) is 3.57 Å². The van der Waals surface area contributed by atoms with E-state index in [1.807, 2.05) is 0 Å². The topological polar surface area (TPSA) is 113 Å². The number of esters is 1. The van der Waals surface area contributed by atoms with E-state index in [0.717, 1.165) is 3.57 Å². The molecule has 1 aliphatic heterocycles. The number of phenols is 1. The van der Waals surface area contributed by atoms with Crippen LogP contribution in [0.5, 0.6) is 17.2 Å². The second-order valence-corrected chi connectivity index (χ2v) is 8.23. The van der Waals surface area contributed by atoms with Crippen LogP contribution < -0.4 is 14.8 Å². The number of hydrogen-bond donors (Lipinski definition) is 3. The molecular formula is C21H22INO8S. The van der Waals surface area contributed by atoms with E-state index in [4.69, 9.17) is 23.7 Å². The number of anilines is 1. The lowest BCUT2D eigenvalue weighted by atomic mass is 10.0. The van der Waals surface area contributed by atoms with Crippen molar-refractivity contribution in [2.24, 2.45) is 0 Å².